The molecule has 0 saturated carbocycles. The van der Waals surface area contributed by atoms with Crippen LogP contribution in [0.5, 0.6) is 11.5 Å². The van der Waals surface area contributed by atoms with E-state index in [1.807, 2.05) is 6.07 Å². The van der Waals surface area contributed by atoms with E-state index in [2.05, 4.69) is 50.5 Å². The van der Waals surface area contributed by atoms with E-state index in [1.165, 1.54) is 5.56 Å². The second kappa shape index (κ2) is 7.74. The van der Waals surface area contributed by atoms with Gasteiger partial charge in [0.05, 0.1) is 12.1 Å². The van der Waals surface area contributed by atoms with Crippen molar-refractivity contribution in [1.82, 2.24) is 10.6 Å². The number of guanidine groups is 1. The maximum atomic E-state index is 5.86. The minimum absolute atomic E-state index is 0.0942. The van der Waals surface area contributed by atoms with Crippen LogP contribution in [0.2, 0.25) is 0 Å². The highest BCUT2D eigenvalue weighted by molar-refractivity contribution is 5.79. The van der Waals surface area contributed by atoms with Crippen molar-refractivity contribution >= 4 is 5.96 Å². The summed E-state index contributed by atoms with van der Waals surface area (Å²) < 4.78 is 16.8. The van der Waals surface area contributed by atoms with Gasteiger partial charge in [0, 0.05) is 25.1 Å². The zero-order chi connectivity index (χ0) is 18.6. The summed E-state index contributed by atoms with van der Waals surface area (Å²) in [6, 6.07) is 6.13. The lowest BCUT2D eigenvalue weighted by Gasteiger charge is -2.26. The second-order valence-corrected chi connectivity index (χ2v) is 7.90. The predicted octanol–water partition coefficient (Wildman–Crippen LogP) is 2.82. The van der Waals surface area contributed by atoms with Crippen molar-refractivity contribution in [2.24, 2.45) is 4.99 Å². The summed E-state index contributed by atoms with van der Waals surface area (Å²) in [5.74, 6) is 2.46. The zero-order valence-electron chi connectivity index (χ0n) is 16.4. The molecule has 0 bridgehead atoms. The molecule has 1 atom stereocenters. The van der Waals surface area contributed by atoms with Gasteiger partial charge in [0.1, 0.15) is 0 Å². The Hall–Kier alpha value is -1.95. The van der Waals surface area contributed by atoms with Gasteiger partial charge in [0.2, 0.25) is 6.79 Å². The van der Waals surface area contributed by atoms with Gasteiger partial charge in [-0.05, 0) is 44.4 Å². The highest BCUT2D eigenvalue weighted by Gasteiger charge is 2.30. The van der Waals surface area contributed by atoms with E-state index in [0.29, 0.717) is 13.3 Å². The molecular formula is C20H31N3O3. The van der Waals surface area contributed by atoms with Crippen LogP contribution in [0.15, 0.2) is 23.2 Å². The summed E-state index contributed by atoms with van der Waals surface area (Å²) in [6.07, 6.45) is 2.21. The van der Waals surface area contributed by atoms with Crippen LogP contribution in [0, 0.1) is 0 Å². The highest BCUT2D eigenvalue weighted by Crippen LogP contribution is 2.36. The third kappa shape index (κ3) is 4.41. The van der Waals surface area contributed by atoms with Gasteiger partial charge < -0.3 is 24.8 Å². The smallest absolute Gasteiger partial charge is 0.231 e. The molecule has 1 saturated heterocycles. The van der Waals surface area contributed by atoms with Crippen LogP contribution in [0.3, 0.4) is 0 Å². The Morgan fingerprint density at radius 3 is 2.77 bits per heavy atom. The lowest BCUT2D eigenvalue weighted by atomic mass is 9.84. The summed E-state index contributed by atoms with van der Waals surface area (Å²) in [5, 5.41) is 6.77. The molecular weight excluding hydrogens is 330 g/mol. The topological polar surface area (TPSA) is 64.1 Å². The van der Waals surface area contributed by atoms with E-state index < -0.39 is 0 Å². The third-order valence-corrected chi connectivity index (χ3v) is 5.06. The summed E-state index contributed by atoms with van der Waals surface area (Å²) in [6.45, 7) is 12.0. The Balaban J connectivity index is 1.65. The quantitative estimate of drug-likeness (QED) is 0.603. The van der Waals surface area contributed by atoms with Crippen molar-refractivity contribution in [2.75, 3.05) is 33.0 Å². The lowest BCUT2D eigenvalue weighted by Crippen LogP contribution is -2.46. The summed E-state index contributed by atoms with van der Waals surface area (Å²) >= 11 is 0. The number of hydrogen-bond donors (Lipinski definition) is 2. The number of fused-ring (bicyclic) bond motifs is 1. The molecule has 1 aromatic carbocycles. The average Bonchev–Trinajstić information content (AvgIpc) is 3.26. The summed E-state index contributed by atoms with van der Waals surface area (Å²) in [5.41, 5.74) is 0.979. The normalized spacial score (nSPS) is 22.5. The fourth-order valence-corrected chi connectivity index (χ4v) is 3.27. The fraction of sp³-hybridized carbons (Fsp3) is 0.650. The molecule has 1 fully saturated rings. The zero-order valence-corrected chi connectivity index (χ0v) is 16.4. The molecule has 2 aliphatic rings. The van der Waals surface area contributed by atoms with E-state index in [-0.39, 0.29) is 11.0 Å². The standard InChI is InChI=1S/C20H31N3O3/c1-5-21-18(23-13-20(4)9-6-10-26-20)22-12-19(2,3)15-7-8-16-17(11-15)25-14-24-16/h7-8,11H,5-6,9-10,12-14H2,1-4H3,(H2,21,22,23). The molecule has 26 heavy (non-hydrogen) atoms. The first-order chi connectivity index (χ1) is 12.4. The van der Waals surface area contributed by atoms with Crippen molar-refractivity contribution in [1.29, 1.82) is 0 Å². The largest absolute Gasteiger partial charge is 0.454 e. The summed E-state index contributed by atoms with van der Waals surface area (Å²) in [4.78, 5) is 4.81. The molecule has 0 radical (unpaired) electrons. The van der Waals surface area contributed by atoms with Crippen LogP contribution in [-0.2, 0) is 10.2 Å². The Bertz CT molecular complexity index is 652. The van der Waals surface area contributed by atoms with Crippen molar-refractivity contribution in [3.63, 3.8) is 0 Å². The van der Waals surface area contributed by atoms with Gasteiger partial charge >= 0.3 is 0 Å². The molecule has 0 amide bonds. The van der Waals surface area contributed by atoms with E-state index >= 15 is 0 Å². The molecule has 0 aliphatic carbocycles. The van der Waals surface area contributed by atoms with Crippen LogP contribution in [-0.4, -0.2) is 44.6 Å². The maximum absolute atomic E-state index is 5.86. The van der Waals surface area contributed by atoms with E-state index in [4.69, 9.17) is 19.2 Å². The number of rotatable bonds is 6. The van der Waals surface area contributed by atoms with Gasteiger partial charge in [-0.15, -0.1) is 0 Å². The minimum atomic E-state index is -0.114. The third-order valence-electron chi connectivity index (χ3n) is 5.06. The Morgan fingerprint density at radius 2 is 2.04 bits per heavy atom. The monoisotopic (exact) mass is 361 g/mol. The van der Waals surface area contributed by atoms with Crippen molar-refractivity contribution in [3.8, 4) is 11.5 Å². The van der Waals surface area contributed by atoms with Crippen LogP contribution < -0.4 is 20.1 Å². The number of hydrogen-bond acceptors (Lipinski definition) is 4. The number of nitrogens with zero attached hydrogens (tertiary/aromatic N) is 1. The molecule has 6 heteroatoms. The van der Waals surface area contributed by atoms with Crippen LogP contribution in [0.1, 0.15) is 46.1 Å². The number of benzene rings is 1. The molecule has 144 valence electrons. The molecule has 1 unspecified atom stereocenters. The van der Waals surface area contributed by atoms with Crippen molar-refractivity contribution in [2.45, 2.75) is 51.6 Å². The molecule has 6 nitrogen and oxygen atoms in total. The molecule has 2 aliphatic heterocycles. The molecule has 0 spiro atoms. The number of nitrogens with one attached hydrogen (secondary N) is 2. The Kier molecular flexibility index (Phi) is 5.61. The van der Waals surface area contributed by atoms with E-state index in [0.717, 1.165) is 50.0 Å². The first-order valence-corrected chi connectivity index (χ1v) is 9.48. The molecule has 3 rings (SSSR count). The maximum Gasteiger partial charge on any atom is 0.231 e. The Morgan fingerprint density at radius 1 is 1.23 bits per heavy atom. The van der Waals surface area contributed by atoms with Gasteiger partial charge in [0.15, 0.2) is 17.5 Å². The lowest BCUT2D eigenvalue weighted by molar-refractivity contribution is 0.0243. The minimum Gasteiger partial charge on any atom is -0.454 e. The fourth-order valence-electron chi connectivity index (χ4n) is 3.27. The molecule has 0 aromatic heterocycles. The first kappa shape index (κ1) is 18.8. The van der Waals surface area contributed by atoms with Crippen LogP contribution >= 0.6 is 0 Å². The van der Waals surface area contributed by atoms with Gasteiger partial charge in [0.25, 0.3) is 0 Å². The highest BCUT2D eigenvalue weighted by atomic mass is 16.7. The summed E-state index contributed by atoms with van der Waals surface area (Å²) in [7, 11) is 0. The number of ether oxygens (including phenoxy) is 3. The number of aliphatic imine (C=N–C) groups is 1. The van der Waals surface area contributed by atoms with Gasteiger partial charge in [-0.3, -0.25) is 4.99 Å². The van der Waals surface area contributed by atoms with E-state index in [1.54, 1.807) is 0 Å². The molecule has 2 heterocycles. The van der Waals surface area contributed by atoms with Crippen molar-refractivity contribution < 1.29 is 14.2 Å². The average molecular weight is 361 g/mol. The second-order valence-electron chi connectivity index (χ2n) is 7.90. The molecule has 2 N–H and O–H groups in total. The SMILES string of the molecule is CCNC(=NCC(C)(C)c1ccc2c(c1)OCO2)NCC1(C)CCCO1. The van der Waals surface area contributed by atoms with E-state index in [9.17, 15) is 0 Å². The van der Waals surface area contributed by atoms with Gasteiger partial charge in [-0.2, -0.15) is 0 Å². The van der Waals surface area contributed by atoms with Crippen LogP contribution in [0.25, 0.3) is 0 Å². The van der Waals surface area contributed by atoms with Gasteiger partial charge in [-0.25, -0.2) is 0 Å². The predicted molar refractivity (Wildman–Crippen MR) is 103 cm³/mol. The first-order valence-electron chi connectivity index (χ1n) is 9.48. The van der Waals surface area contributed by atoms with Crippen molar-refractivity contribution in [3.05, 3.63) is 23.8 Å². The Labute approximate surface area is 156 Å². The van der Waals surface area contributed by atoms with Gasteiger partial charge in [-0.1, -0.05) is 19.9 Å². The van der Waals surface area contributed by atoms with Crippen LogP contribution in [0.4, 0.5) is 0 Å². The molecule has 1 aromatic rings.